The number of fused-ring (bicyclic) bond motifs is 1. The van der Waals surface area contributed by atoms with Crippen molar-refractivity contribution in [3.05, 3.63) is 63.8 Å². The van der Waals surface area contributed by atoms with Crippen molar-refractivity contribution in [2.24, 2.45) is 0 Å². The Bertz CT molecular complexity index is 1210. The lowest BCUT2D eigenvalue weighted by atomic mass is 10.2. The molecule has 0 amide bonds. The number of ether oxygens (including phenoxy) is 1. The highest BCUT2D eigenvalue weighted by Crippen LogP contribution is 2.31. The standard InChI is InChI=1S/C17H9F5O5S2/c1-26-17(23)10-5-8-4-7(2-3-9(8)28-10)6-29(24,25)27-16-14(21)12(19)11(18)13(20)15(16)22/h2-5H,6H2,1H3. The van der Waals surface area contributed by atoms with Crippen molar-refractivity contribution >= 4 is 37.5 Å². The summed E-state index contributed by atoms with van der Waals surface area (Å²) in [5.41, 5.74) is 0.0931. The molecule has 29 heavy (non-hydrogen) atoms. The molecule has 0 aliphatic rings. The largest absolute Gasteiger partial charge is 0.465 e. The number of halogens is 5. The van der Waals surface area contributed by atoms with E-state index in [2.05, 4.69) is 8.92 Å². The Morgan fingerprint density at radius 3 is 2.14 bits per heavy atom. The molecule has 0 atom stereocenters. The van der Waals surface area contributed by atoms with Gasteiger partial charge in [-0.2, -0.15) is 17.2 Å². The van der Waals surface area contributed by atoms with Crippen LogP contribution in [0.3, 0.4) is 0 Å². The van der Waals surface area contributed by atoms with Crippen molar-refractivity contribution in [2.75, 3.05) is 7.11 Å². The van der Waals surface area contributed by atoms with E-state index in [9.17, 15) is 35.2 Å². The number of hydrogen-bond donors (Lipinski definition) is 0. The maximum atomic E-state index is 13.6. The molecule has 0 aliphatic heterocycles. The van der Waals surface area contributed by atoms with Crippen molar-refractivity contribution < 1.29 is 44.1 Å². The second kappa shape index (κ2) is 7.59. The topological polar surface area (TPSA) is 69.7 Å². The van der Waals surface area contributed by atoms with Crippen LogP contribution in [0.25, 0.3) is 10.1 Å². The minimum atomic E-state index is -4.79. The predicted octanol–water partition coefficient (Wildman–Crippen LogP) is 4.29. The molecule has 0 spiro atoms. The second-order valence-electron chi connectivity index (χ2n) is 5.66. The van der Waals surface area contributed by atoms with Crippen LogP contribution in [0.5, 0.6) is 5.75 Å². The van der Waals surface area contributed by atoms with Crippen molar-refractivity contribution in [1.82, 2.24) is 0 Å². The van der Waals surface area contributed by atoms with Crippen LogP contribution in [-0.2, 0) is 20.6 Å². The monoisotopic (exact) mass is 452 g/mol. The van der Waals surface area contributed by atoms with Gasteiger partial charge in [-0.3, -0.25) is 0 Å². The third kappa shape index (κ3) is 4.03. The van der Waals surface area contributed by atoms with Crippen LogP contribution in [0.1, 0.15) is 15.2 Å². The van der Waals surface area contributed by atoms with Crippen molar-refractivity contribution in [3.63, 3.8) is 0 Å². The smallest absolute Gasteiger partial charge is 0.348 e. The molecule has 12 heteroatoms. The van der Waals surface area contributed by atoms with Crippen molar-refractivity contribution in [3.8, 4) is 5.75 Å². The van der Waals surface area contributed by atoms with Crippen LogP contribution >= 0.6 is 11.3 Å². The van der Waals surface area contributed by atoms with Gasteiger partial charge in [-0.25, -0.2) is 18.0 Å². The summed E-state index contributed by atoms with van der Waals surface area (Å²) in [5.74, 6) is -15.3. The highest BCUT2D eigenvalue weighted by atomic mass is 32.2. The molecule has 0 fully saturated rings. The first kappa shape index (κ1) is 21.0. The minimum absolute atomic E-state index is 0.0931. The number of benzene rings is 2. The number of carbonyl (C=O) groups is 1. The van der Waals surface area contributed by atoms with E-state index in [1.807, 2.05) is 0 Å². The Morgan fingerprint density at radius 1 is 0.966 bits per heavy atom. The molecule has 1 aromatic heterocycles. The number of carbonyl (C=O) groups excluding carboxylic acids is 1. The van der Waals surface area contributed by atoms with Crippen LogP contribution in [0.4, 0.5) is 22.0 Å². The Balaban J connectivity index is 1.91. The number of rotatable bonds is 5. The summed E-state index contributed by atoms with van der Waals surface area (Å²) >= 11 is 1.09. The molecule has 0 saturated heterocycles. The van der Waals surface area contributed by atoms with E-state index in [0.29, 0.717) is 10.1 Å². The average molecular weight is 452 g/mol. The summed E-state index contributed by atoms with van der Waals surface area (Å²) in [7, 11) is -3.59. The summed E-state index contributed by atoms with van der Waals surface area (Å²) in [5, 5.41) is 0.485. The lowest BCUT2D eigenvalue weighted by Gasteiger charge is -2.10. The molecule has 0 unspecified atom stereocenters. The fourth-order valence-electron chi connectivity index (χ4n) is 2.40. The molecule has 5 nitrogen and oxygen atoms in total. The van der Waals surface area contributed by atoms with Gasteiger partial charge in [-0.1, -0.05) is 6.07 Å². The van der Waals surface area contributed by atoms with Crippen LogP contribution in [0.2, 0.25) is 0 Å². The van der Waals surface area contributed by atoms with Gasteiger partial charge in [-0.15, -0.1) is 11.3 Å². The Labute approximate surface area is 164 Å². The molecule has 2 aromatic carbocycles. The summed E-state index contributed by atoms with van der Waals surface area (Å²) in [4.78, 5) is 11.8. The van der Waals surface area contributed by atoms with E-state index in [0.717, 1.165) is 11.3 Å². The van der Waals surface area contributed by atoms with E-state index in [1.165, 1.54) is 31.4 Å². The molecule has 1 heterocycles. The van der Waals surface area contributed by atoms with E-state index in [-0.39, 0.29) is 10.4 Å². The number of thiophene rings is 1. The van der Waals surface area contributed by atoms with Crippen LogP contribution in [0.15, 0.2) is 24.3 Å². The normalized spacial score (nSPS) is 11.7. The first-order chi connectivity index (χ1) is 13.5. The average Bonchev–Trinajstić information content (AvgIpc) is 3.10. The Morgan fingerprint density at radius 2 is 1.55 bits per heavy atom. The zero-order chi connectivity index (χ0) is 21.5. The third-order valence-corrected chi connectivity index (χ3v) is 5.89. The molecule has 3 aromatic rings. The summed E-state index contributed by atoms with van der Waals surface area (Å²) in [6.45, 7) is 0. The van der Waals surface area contributed by atoms with Crippen LogP contribution in [0, 0.1) is 29.1 Å². The van der Waals surface area contributed by atoms with Crippen LogP contribution < -0.4 is 4.18 Å². The molecule has 154 valence electrons. The quantitative estimate of drug-likeness (QED) is 0.190. The van der Waals surface area contributed by atoms with E-state index in [1.54, 1.807) is 0 Å². The lowest BCUT2D eigenvalue weighted by molar-refractivity contribution is 0.0606. The fourth-order valence-corrected chi connectivity index (χ4v) is 4.41. The predicted molar refractivity (Wildman–Crippen MR) is 92.6 cm³/mol. The lowest BCUT2D eigenvalue weighted by Crippen LogP contribution is -2.16. The van der Waals surface area contributed by atoms with Gasteiger partial charge < -0.3 is 8.92 Å². The van der Waals surface area contributed by atoms with Gasteiger partial charge in [0.15, 0.2) is 0 Å². The van der Waals surface area contributed by atoms with Gasteiger partial charge in [0.2, 0.25) is 34.8 Å². The van der Waals surface area contributed by atoms with Crippen molar-refractivity contribution in [2.45, 2.75) is 5.75 Å². The van der Waals surface area contributed by atoms with Gasteiger partial charge in [0.1, 0.15) is 10.6 Å². The maximum absolute atomic E-state index is 13.6. The number of hydrogen-bond acceptors (Lipinski definition) is 6. The first-order valence-electron chi connectivity index (χ1n) is 7.58. The second-order valence-corrected chi connectivity index (χ2v) is 8.31. The molecule has 0 N–H and O–H groups in total. The van der Waals surface area contributed by atoms with E-state index >= 15 is 0 Å². The zero-order valence-corrected chi connectivity index (χ0v) is 15.9. The zero-order valence-electron chi connectivity index (χ0n) is 14.3. The summed E-state index contributed by atoms with van der Waals surface area (Å²) in [6.07, 6.45) is 0. The Kier molecular flexibility index (Phi) is 5.50. The van der Waals surface area contributed by atoms with E-state index < -0.39 is 56.7 Å². The van der Waals surface area contributed by atoms with E-state index in [4.69, 9.17) is 0 Å². The van der Waals surface area contributed by atoms with Gasteiger partial charge in [0.25, 0.3) is 0 Å². The SMILES string of the molecule is COC(=O)c1cc2cc(CS(=O)(=O)Oc3c(F)c(F)c(F)c(F)c3F)ccc2s1. The molecule has 0 aliphatic carbocycles. The van der Waals surface area contributed by atoms with Crippen molar-refractivity contribution in [1.29, 1.82) is 0 Å². The number of methoxy groups -OCH3 is 1. The third-order valence-electron chi connectivity index (χ3n) is 3.69. The maximum Gasteiger partial charge on any atom is 0.348 e. The van der Waals surface area contributed by atoms with Gasteiger partial charge >= 0.3 is 16.1 Å². The van der Waals surface area contributed by atoms with Gasteiger partial charge in [0, 0.05) is 4.70 Å². The Hall–Kier alpha value is -2.73. The highest BCUT2D eigenvalue weighted by Gasteiger charge is 2.30. The van der Waals surface area contributed by atoms with Gasteiger partial charge in [-0.05, 0) is 29.1 Å². The number of esters is 1. The van der Waals surface area contributed by atoms with Crippen LogP contribution in [-0.4, -0.2) is 21.5 Å². The molecule has 0 radical (unpaired) electrons. The molecular weight excluding hydrogens is 443 g/mol. The summed E-state index contributed by atoms with van der Waals surface area (Å²) < 4.78 is 100. The minimum Gasteiger partial charge on any atom is -0.465 e. The van der Waals surface area contributed by atoms with Gasteiger partial charge in [0.05, 0.1) is 7.11 Å². The molecule has 3 rings (SSSR count). The molecule has 0 bridgehead atoms. The molecule has 0 saturated carbocycles. The first-order valence-corrected chi connectivity index (χ1v) is 9.98. The highest BCUT2D eigenvalue weighted by molar-refractivity contribution is 7.86. The molecular formula is C17H9F5O5S2. The summed E-state index contributed by atoms with van der Waals surface area (Å²) in [6, 6.07) is 5.67. The fraction of sp³-hybridized carbons (Fsp3) is 0.118.